The van der Waals surface area contributed by atoms with Crippen molar-refractivity contribution in [2.45, 2.75) is 38.6 Å². The summed E-state index contributed by atoms with van der Waals surface area (Å²) in [5.74, 6) is 0. The largest absolute Gasteiger partial charge is 0.309 e. The Bertz CT molecular complexity index is 291. The lowest BCUT2D eigenvalue weighted by Crippen LogP contribution is -2.26. The van der Waals surface area contributed by atoms with E-state index in [9.17, 15) is 0 Å². The van der Waals surface area contributed by atoms with Crippen molar-refractivity contribution in [2.24, 2.45) is 0 Å². The Morgan fingerprint density at radius 3 is 2.88 bits per heavy atom. The van der Waals surface area contributed by atoms with E-state index in [2.05, 4.69) is 34.7 Å². The maximum absolute atomic E-state index is 3.68. The van der Waals surface area contributed by atoms with Crippen LogP contribution in [0.1, 0.15) is 43.5 Å². The number of nitrogens with one attached hydrogen (secondary N) is 1. The second-order valence-electron chi connectivity index (χ2n) is 4.83. The first kappa shape index (κ1) is 13.1. The molecule has 0 amide bonds. The highest BCUT2D eigenvalue weighted by molar-refractivity contribution is 7.10. The van der Waals surface area contributed by atoms with E-state index >= 15 is 0 Å². The van der Waals surface area contributed by atoms with Crippen molar-refractivity contribution in [3.63, 3.8) is 0 Å². The fraction of sp³-hybridized carbons (Fsp3) is 0.714. The third-order valence-electron chi connectivity index (χ3n) is 3.54. The second kappa shape index (κ2) is 7.14. The molecule has 2 rings (SSSR count). The van der Waals surface area contributed by atoms with E-state index < -0.39 is 0 Å². The molecule has 0 spiro atoms. The number of likely N-dealkylation sites (tertiary alicyclic amines) is 1. The van der Waals surface area contributed by atoms with E-state index in [0.29, 0.717) is 6.04 Å². The molecule has 0 saturated carbocycles. The molecule has 0 aliphatic carbocycles. The SMILES string of the molecule is CCC(NCCCN1CCCC1)c1cccs1. The number of nitrogens with zero attached hydrogens (tertiary/aromatic N) is 1. The number of hydrogen-bond acceptors (Lipinski definition) is 3. The van der Waals surface area contributed by atoms with E-state index in [1.807, 2.05) is 11.3 Å². The highest BCUT2D eigenvalue weighted by Gasteiger charge is 2.12. The topological polar surface area (TPSA) is 15.3 Å². The third-order valence-corrected chi connectivity index (χ3v) is 4.52. The van der Waals surface area contributed by atoms with Crippen molar-refractivity contribution in [1.82, 2.24) is 10.2 Å². The van der Waals surface area contributed by atoms with Gasteiger partial charge in [-0.05, 0) is 63.3 Å². The van der Waals surface area contributed by atoms with E-state index in [0.717, 1.165) is 6.54 Å². The van der Waals surface area contributed by atoms with Crippen molar-refractivity contribution in [3.8, 4) is 0 Å². The Morgan fingerprint density at radius 2 is 2.24 bits per heavy atom. The average molecular weight is 252 g/mol. The minimum absolute atomic E-state index is 0.563. The fourth-order valence-corrected chi connectivity index (χ4v) is 3.41. The van der Waals surface area contributed by atoms with Gasteiger partial charge >= 0.3 is 0 Å². The van der Waals surface area contributed by atoms with Crippen molar-refractivity contribution >= 4 is 11.3 Å². The molecule has 1 saturated heterocycles. The van der Waals surface area contributed by atoms with Gasteiger partial charge in [-0.2, -0.15) is 0 Å². The first-order valence-electron chi connectivity index (χ1n) is 6.89. The molecule has 2 nitrogen and oxygen atoms in total. The Morgan fingerprint density at radius 1 is 1.41 bits per heavy atom. The first-order chi connectivity index (χ1) is 8.40. The molecule has 1 unspecified atom stereocenters. The summed E-state index contributed by atoms with van der Waals surface area (Å²) in [5.41, 5.74) is 0. The monoisotopic (exact) mass is 252 g/mol. The standard InChI is InChI=1S/C14H24N2S/c1-2-13(14-7-5-12-17-14)15-8-6-11-16-9-3-4-10-16/h5,7,12-13,15H,2-4,6,8-11H2,1H3. The van der Waals surface area contributed by atoms with Gasteiger partial charge in [0.05, 0.1) is 0 Å². The Labute approximate surface area is 109 Å². The van der Waals surface area contributed by atoms with Crippen molar-refractivity contribution < 1.29 is 0 Å². The molecule has 0 bridgehead atoms. The smallest absolute Gasteiger partial charge is 0.0412 e. The first-order valence-corrected chi connectivity index (χ1v) is 7.77. The maximum Gasteiger partial charge on any atom is 0.0412 e. The summed E-state index contributed by atoms with van der Waals surface area (Å²) in [6.07, 6.45) is 5.27. The molecule has 1 aliphatic rings. The molecule has 3 heteroatoms. The summed E-state index contributed by atoms with van der Waals surface area (Å²) in [6, 6.07) is 4.95. The van der Waals surface area contributed by atoms with Crippen LogP contribution in [-0.4, -0.2) is 31.1 Å². The van der Waals surface area contributed by atoms with Gasteiger partial charge in [-0.15, -0.1) is 11.3 Å². The number of thiophene rings is 1. The lowest BCUT2D eigenvalue weighted by atomic mass is 10.2. The molecule has 1 aliphatic heterocycles. The molecule has 1 aromatic rings. The summed E-state index contributed by atoms with van der Waals surface area (Å²) in [5, 5.41) is 5.85. The molecule has 17 heavy (non-hydrogen) atoms. The van der Waals surface area contributed by atoms with Gasteiger partial charge in [-0.1, -0.05) is 13.0 Å². The summed E-state index contributed by atoms with van der Waals surface area (Å²) in [7, 11) is 0. The highest BCUT2D eigenvalue weighted by Crippen LogP contribution is 2.21. The van der Waals surface area contributed by atoms with Crippen LogP contribution >= 0.6 is 11.3 Å². The molecule has 0 aromatic carbocycles. The summed E-state index contributed by atoms with van der Waals surface area (Å²) >= 11 is 1.87. The average Bonchev–Trinajstić information content (AvgIpc) is 3.01. The number of rotatable bonds is 7. The number of hydrogen-bond donors (Lipinski definition) is 1. The van der Waals surface area contributed by atoms with Crippen LogP contribution in [0, 0.1) is 0 Å². The van der Waals surface area contributed by atoms with Crippen LogP contribution in [0.3, 0.4) is 0 Å². The van der Waals surface area contributed by atoms with E-state index in [1.54, 1.807) is 0 Å². The normalized spacial score (nSPS) is 18.6. The highest BCUT2D eigenvalue weighted by atomic mass is 32.1. The lowest BCUT2D eigenvalue weighted by molar-refractivity contribution is 0.327. The molecule has 1 fully saturated rings. The molecule has 0 radical (unpaired) electrons. The Balaban J connectivity index is 1.63. The van der Waals surface area contributed by atoms with E-state index in [4.69, 9.17) is 0 Å². The zero-order chi connectivity index (χ0) is 11.9. The van der Waals surface area contributed by atoms with Crippen LogP contribution in [0.2, 0.25) is 0 Å². The van der Waals surface area contributed by atoms with Crippen molar-refractivity contribution in [2.75, 3.05) is 26.2 Å². The quantitative estimate of drug-likeness (QED) is 0.749. The van der Waals surface area contributed by atoms with Crippen LogP contribution in [-0.2, 0) is 0 Å². The van der Waals surface area contributed by atoms with Crippen LogP contribution in [0.25, 0.3) is 0 Å². The Hall–Kier alpha value is -0.380. The minimum Gasteiger partial charge on any atom is -0.309 e. The van der Waals surface area contributed by atoms with Gasteiger partial charge in [0, 0.05) is 10.9 Å². The summed E-state index contributed by atoms with van der Waals surface area (Å²) in [6.45, 7) is 7.32. The van der Waals surface area contributed by atoms with Gasteiger partial charge in [0.25, 0.3) is 0 Å². The zero-order valence-corrected chi connectivity index (χ0v) is 11.6. The van der Waals surface area contributed by atoms with Gasteiger partial charge in [0.1, 0.15) is 0 Å². The van der Waals surface area contributed by atoms with Gasteiger partial charge in [0.15, 0.2) is 0 Å². The van der Waals surface area contributed by atoms with Gasteiger partial charge in [0.2, 0.25) is 0 Å². The van der Waals surface area contributed by atoms with Gasteiger partial charge in [-0.25, -0.2) is 0 Å². The van der Waals surface area contributed by atoms with Crippen LogP contribution in [0.15, 0.2) is 17.5 Å². The van der Waals surface area contributed by atoms with Crippen LogP contribution in [0.5, 0.6) is 0 Å². The van der Waals surface area contributed by atoms with E-state index in [1.165, 1.54) is 50.2 Å². The predicted octanol–water partition coefficient (Wildman–Crippen LogP) is 3.27. The molecule has 1 N–H and O–H groups in total. The van der Waals surface area contributed by atoms with Crippen LogP contribution in [0.4, 0.5) is 0 Å². The maximum atomic E-state index is 3.68. The zero-order valence-electron chi connectivity index (χ0n) is 10.8. The molecule has 1 aromatic heterocycles. The molecule has 96 valence electrons. The van der Waals surface area contributed by atoms with Crippen molar-refractivity contribution in [3.05, 3.63) is 22.4 Å². The van der Waals surface area contributed by atoms with Crippen molar-refractivity contribution in [1.29, 1.82) is 0 Å². The van der Waals surface area contributed by atoms with Crippen LogP contribution < -0.4 is 5.32 Å². The molecular weight excluding hydrogens is 228 g/mol. The summed E-state index contributed by atoms with van der Waals surface area (Å²) in [4.78, 5) is 4.07. The molecule has 1 atom stereocenters. The van der Waals surface area contributed by atoms with E-state index in [-0.39, 0.29) is 0 Å². The minimum atomic E-state index is 0.563. The Kier molecular flexibility index (Phi) is 5.49. The predicted molar refractivity (Wildman–Crippen MR) is 75.6 cm³/mol. The van der Waals surface area contributed by atoms with Gasteiger partial charge in [-0.3, -0.25) is 0 Å². The molecule has 2 heterocycles. The fourth-order valence-electron chi connectivity index (χ4n) is 2.52. The van der Waals surface area contributed by atoms with Gasteiger partial charge < -0.3 is 10.2 Å². The second-order valence-corrected chi connectivity index (χ2v) is 5.81. The molecular formula is C14H24N2S. The summed E-state index contributed by atoms with van der Waals surface area (Å²) < 4.78 is 0. The third kappa shape index (κ3) is 4.09. The lowest BCUT2D eigenvalue weighted by Gasteiger charge is -2.18.